The number of benzene rings is 1. The Balaban J connectivity index is 2.61. The second-order valence-electron chi connectivity index (χ2n) is 4.52. The van der Waals surface area contributed by atoms with E-state index < -0.39 is 0 Å². The third-order valence-corrected chi connectivity index (χ3v) is 3.12. The first-order valence-corrected chi connectivity index (χ1v) is 6.27. The highest BCUT2D eigenvalue weighted by molar-refractivity contribution is 5.72. The van der Waals surface area contributed by atoms with E-state index in [0.29, 0.717) is 5.88 Å². The summed E-state index contributed by atoms with van der Waals surface area (Å²) in [6.07, 6.45) is 1.01. The number of pyridine rings is 1. The summed E-state index contributed by atoms with van der Waals surface area (Å²) in [7, 11) is 1.67. The van der Waals surface area contributed by atoms with Crippen LogP contribution in [0.5, 0.6) is 5.88 Å². The third-order valence-electron chi connectivity index (χ3n) is 3.12. The predicted octanol–water partition coefficient (Wildman–Crippen LogP) is 3.94. The van der Waals surface area contributed by atoms with Crippen LogP contribution in [0.25, 0.3) is 11.1 Å². The molecule has 0 fully saturated rings. The summed E-state index contributed by atoms with van der Waals surface area (Å²) in [5, 5.41) is 0. The molecular weight excluding hydrogens is 222 g/mol. The van der Waals surface area contributed by atoms with E-state index in [1.54, 1.807) is 7.11 Å². The molecule has 0 aliphatic carbocycles. The molecule has 1 aromatic carbocycles. The van der Waals surface area contributed by atoms with E-state index >= 15 is 0 Å². The number of methoxy groups -OCH3 is 1. The van der Waals surface area contributed by atoms with Crippen molar-refractivity contribution in [3.8, 4) is 17.0 Å². The maximum Gasteiger partial charge on any atom is 0.221 e. The number of aromatic nitrogens is 1. The zero-order valence-electron chi connectivity index (χ0n) is 11.4. The number of ether oxygens (including phenoxy) is 1. The first-order valence-electron chi connectivity index (χ1n) is 6.27. The van der Waals surface area contributed by atoms with E-state index in [0.717, 1.165) is 17.7 Å². The summed E-state index contributed by atoms with van der Waals surface area (Å²) in [6, 6.07) is 10.6. The highest BCUT2D eigenvalue weighted by atomic mass is 16.5. The van der Waals surface area contributed by atoms with Crippen LogP contribution in [0, 0.1) is 13.8 Å². The van der Waals surface area contributed by atoms with Crippen molar-refractivity contribution in [2.24, 2.45) is 0 Å². The summed E-state index contributed by atoms with van der Waals surface area (Å²) in [4.78, 5) is 4.44. The molecule has 1 aromatic heterocycles. The lowest BCUT2D eigenvalue weighted by atomic mass is 9.97. The van der Waals surface area contributed by atoms with Gasteiger partial charge in [0.1, 0.15) is 0 Å². The maximum absolute atomic E-state index is 5.40. The lowest BCUT2D eigenvalue weighted by Gasteiger charge is -2.12. The van der Waals surface area contributed by atoms with Gasteiger partial charge in [0.15, 0.2) is 0 Å². The molecule has 0 saturated carbocycles. The largest absolute Gasteiger partial charge is 0.481 e. The first-order chi connectivity index (χ1) is 8.65. The molecule has 1 heterocycles. The lowest BCUT2D eigenvalue weighted by molar-refractivity contribution is 0.398. The van der Waals surface area contributed by atoms with Crippen molar-refractivity contribution in [2.75, 3.05) is 7.11 Å². The van der Waals surface area contributed by atoms with E-state index in [2.05, 4.69) is 43.1 Å². The van der Waals surface area contributed by atoms with Crippen molar-refractivity contribution in [3.63, 3.8) is 0 Å². The minimum atomic E-state index is 0.702. The van der Waals surface area contributed by atoms with E-state index in [1.165, 1.54) is 16.7 Å². The van der Waals surface area contributed by atoms with E-state index in [9.17, 15) is 0 Å². The Bertz CT molecular complexity index is 510. The SMILES string of the molecule is CCc1cc(C)ccc1-c1ccc(C)nc1OC. The van der Waals surface area contributed by atoms with Gasteiger partial charge in [-0.1, -0.05) is 30.7 Å². The van der Waals surface area contributed by atoms with Crippen LogP contribution in [-0.4, -0.2) is 12.1 Å². The van der Waals surface area contributed by atoms with E-state index in [1.807, 2.05) is 13.0 Å². The molecule has 0 unspecified atom stereocenters. The average molecular weight is 241 g/mol. The minimum Gasteiger partial charge on any atom is -0.481 e. The molecule has 94 valence electrons. The highest BCUT2D eigenvalue weighted by Crippen LogP contribution is 2.31. The van der Waals surface area contributed by atoms with Crippen LogP contribution in [0.4, 0.5) is 0 Å². The van der Waals surface area contributed by atoms with Gasteiger partial charge in [-0.05, 0) is 43.5 Å². The molecule has 2 aromatic rings. The van der Waals surface area contributed by atoms with Crippen LogP contribution < -0.4 is 4.74 Å². The van der Waals surface area contributed by atoms with Crippen molar-refractivity contribution in [2.45, 2.75) is 27.2 Å². The number of hydrogen-bond acceptors (Lipinski definition) is 2. The molecule has 0 radical (unpaired) electrons. The van der Waals surface area contributed by atoms with Crippen molar-refractivity contribution in [3.05, 3.63) is 47.2 Å². The van der Waals surface area contributed by atoms with Gasteiger partial charge in [-0.25, -0.2) is 4.98 Å². The Labute approximate surface area is 109 Å². The smallest absolute Gasteiger partial charge is 0.221 e. The molecule has 18 heavy (non-hydrogen) atoms. The van der Waals surface area contributed by atoms with Crippen LogP contribution in [0.1, 0.15) is 23.7 Å². The van der Waals surface area contributed by atoms with Crippen LogP contribution >= 0.6 is 0 Å². The number of hydrogen-bond donors (Lipinski definition) is 0. The molecule has 0 spiro atoms. The second-order valence-corrected chi connectivity index (χ2v) is 4.52. The van der Waals surface area contributed by atoms with Gasteiger partial charge >= 0.3 is 0 Å². The lowest BCUT2D eigenvalue weighted by Crippen LogP contribution is -1.96. The zero-order chi connectivity index (χ0) is 13.1. The molecule has 2 nitrogen and oxygen atoms in total. The second kappa shape index (κ2) is 5.21. The monoisotopic (exact) mass is 241 g/mol. The fraction of sp³-hybridized carbons (Fsp3) is 0.312. The Morgan fingerprint density at radius 3 is 2.44 bits per heavy atom. The molecule has 0 N–H and O–H groups in total. The van der Waals surface area contributed by atoms with Crippen molar-refractivity contribution >= 4 is 0 Å². The third kappa shape index (κ3) is 2.37. The van der Waals surface area contributed by atoms with Gasteiger partial charge in [0.2, 0.25) is 5.88 Å². The normalized spacial score (nSPS) is 10.4. The van der Waals surface area contributed by atoms with Crippen LogP contribution in [0.2, 0.25) is 0 Å². The molecule has 0 bridgehead atoms. The molecule has 0 saturated heterocycles. The Hall–Kier alpha value is -1.83. The minimum absolute atomic E-state index is 0.702. The maximum atomic E-state index is 5.40. The highest BCUT2D eigenvalue weighted by Gasteiger charge is 2.11. The zero-order valence-corrected chi connectivity index (χ0v) is 11.4. The van der Waals surface area contributed by atoms with Gasteiger partial charge in [0.25, 0.3) is 0 Å². The topological polar surface area (TPSA) is 22.1 Å². The van der Waals surface area contributed by atoms with Gasteiger partial charge in [-0.15, -0.1) is 0 Å². The van der Waals surface area contributed by atoms with Crippen molar-refractivity contribution in [1.82, 2.24) is 4.98 Å². The summed E-state index contributed by atoms with van der Waals surface area (Å²) >= 11 is 0. The van der Waals surface area contributed by atoms with Crippen molar-refractivity contribution < 1.29 is 4.74 Å². The fourth-order valence-electron chi connectivity index (χ4n) is 2.17. The molecule has 0 atom stereocenters. The Morgan fingerprint density at radius 1 is 1.06 bits per heavy atom. The molecule has 2 rings (SSSR count). The molecule has 0 aliphatic heterocycles. The average Bonchev–Trinajstić information content (AvgIpc) is 2.38. The Kier molecular flexibility index (Phi) is 3.66. The quantitative estimate of drug-likeness (QED) is 0.812. The van der Waals surface area contributed by atoms with Crippen LogP contribution in [0.3, 0.4) is 0 Å². The summed E-state index contributed by atoms with van der Waals surface area (Å²) in [5.41, 5.74) is 5.88. The summed E-state index contributed by atoms with van der Waals surface area (Å²) in [6.45, 7) is 6.27. The first kappa shape index (κ1) is 12.6. The van der Waals surface area contributed by atoms with Crippen LogP contribution in [0.15, 0.2) is 30.3 Å². The van der Waals surface area contributed by atoms with Gasteiger partial charge < -0.3 is 4.74 Å². The van der Waals surface area contributed by atoms with Gasteiger partial charge in [-0.2, -0.15) is 0 Å². The Morgan fingerprint density at radius 2 is 1.78 bits per heavy atom. The number of aryl methyl sites for hydroxylation is 3. The van der Waals surface area contributed by atoms with Crippen LogP contribution in [-0.2, 0) is 6.42 Å². The standard InChI is InChI=1S/C16H19NO/c1-5-13-10-11(2)6-8-14(13)15-9-7-12(3)17-16(15)18-4/h6-10H,5H2,1-4H3. The van der Waals surface area contributed by atoms with E-state index in [-0.39, 0.29) is 0 Å². The fourth-order valence-corrected chi connectivity index (χ4v) is 2.17. The number of nitrogens with zero attached hydrogens (tertiary/aromatic N) is 1. The van der Waals surface area contributed by atoms with Gasteiger partial charge in [-0.3, -0.25) is 0 Å². The summed E-state index contributed by atoms with van der Waals surface area (Å²) in [5.74, 6) is 0.702. The van der Waals surface area contributed by atoms with Gasteiger partial charge in [0, 0.05) is 11.3 Å². The summed E-state index contributed by atoms with van der Waals surface area (Å²) < 4.78 is 5.40. The molecular formula is C16H19NO. The molecule has 0 amide bonds. The van der Waals surface area contributed by atoms with Gasteiger partial charge in [0.05, 0.1) is 7.11 Å². The number of rotatable bonds is 3. The van der Waals surface area contributed by atoms with Crippen molar-refractivity contribution in [1.29, 1.82) is 0 Å². The predicted molar refractivity (Wildman–Crippen MR) is 75.1 cm³/mol. The molecule has 0 aliphatic rings. The van der Waals surface area contributed by atoms with E-state index in [4.69, 9.17) is 4.74 Å². The molecule has 2 heteroatoms.